The first kappa shape index (κ1) is 18.4. The molecule has 2 aromatic carbocycles. The molecule has 0 spiro atoms. The number of alkyl halides is 3. The van der Waals surface area contributed by atoms with Crippen LogP contribution in [0.4, 0.5) is 17.6 Å². The van der Waals surface area contributed by atoms with Crippen LogP contribution in [0.1, 0.15) is 16.7 Å². The van der Waals surface area contributed by atoms with Gasteiger partial charge in [0.1, 0.15) is 17.4 Å². The molecule has 1 aromatic heterocycles. The molecule has 136 valence electrons. The molecule has 0 amide bonds. The van der Waals surface area contributed by atoms with E-state index in [0.29, 0.717) is 5.56 Å². The maximum absolute atomic E-state index is 14.0. The third-order valence-corrected chi connectivity index (χ3v) is 4.07. The standard InChI is InChI=1S/C20H12F4N2O/c21-17-9-5-4-8-14(17)12-26-18(13-6-2-1-3-7-13)10-16(20(22,23)24)15(11-25)19(26)27/h1-10H,12H2. The monoisotopic (exact) mass is 372 g/mol. The highest BCUT2D eigenvalue weighted by Gasteiger charge is 2.36. The van der Waals surface area contributed by atoms with Crippen LogP contribution in [0.25, 0.3) is 11.3 Å². The van der Waals surface area contributed by atoms with Gasteiger partial charge in [0.15, 0.2) is 0 Å². The van der Waals surface area contributed by atoms with Crippen molar-refractivity contribution in [3.8, 4) is 17.3 Å². The molecule has 0 aliphatic carbocycles. The van der Waals surface area contributed by atoms with Crippen molar-refractivity contribution in [3.63, 3.8) is 0 Å². The second kappa shape index (κ2) is 7.08. The van der Waals surface area contributed by atoms with E-state index in [-0.39, 0.29) is 17.8 Å². The fourth-order valence-corrected chi connectivity index (χ4v) is 2.78. The number of pyridine rings is 1. The van der Waals surface area contributed by atoms with E-state index in [4.69, 9.17) is 5.26 Å². The van der Waals surface area contributed by atoms with Gasteiger partial charge in [-0.3, -0.25) is 4.79 Å². The average Bonchev–Trinajstić information content (AvgIpc) is 2.64. The van der Waals surface area contributed by atoms with E-state index in [9.17, 15) is 22.4 Å². The van der Waals surface area contributed by atoms with Crippen LogP contribution in [0.3, 0.4) is 0 Å². The number of benzene rings is 2. The van der Waals surface area contributed by atoms with Gasteiger partial charge in [0, 0.05) is 5.56 Å². The lowest BCUT2D eigenvalue weighted by Gasteiger charge is -2.18. The predicted octanol–water partition coefficient (Wildman–Crippen LogP) is 4.59. The summed E-state index contributed by atoms with van der Waals surface area (Å²) in [4.78, 5) is 12.7. The first-order chi connectivity index (χ1) is 12.8. The second-order valence-corrected chi connectivity index (χ2v) is 5.78. The largest absolute Gasteiger partial charge is 0.417 e. The number of rotatable bonds is 3. The van der Waals surface area contributed by atoms with Crippen LogP contribution in [0.2, 0.25) is 0 Å². The Morgan fingerprint density at radius 1 is 1.00 bits per heavy atom. The van der Waals surface area contributed by atoms with Gasteiger partial charge in [-0.25, -0.2) is 4.39 Å². The van der Waals surface area contributed by atoms with Gasteiger partial charge < -0.3 is 4.57 Å². The zero-order valence-electron chi connectivity index (χ0n) is 13.8. The van der Waals surface area contributed by atoms with Gasteiger partial charge in [-0.05, 0) is 17.7 Å². The van der Waals surface area contributed by atoms with Crippen LogP contribution in [0.5, 0.6) is 0 Å². The Morgan fingerprint density at radius 3 is 2.22 bits per heavy atom. The Labute approximate surface area is 151 Å². The topological polar surface area (TPSA) is 45.8 Å². The fraction of sp³-hybridized carbons (Fsp3) is 0.100. The summed E-state index contributed by atoms with van der Waals surface area (Å²) in [6, 6.07) is 15.7. The summed E-state index contributed by atoms with van der Waals surface area (Å²) < 4.78 is 55.1. The molecule has 0 saturated heterocycles. The van der Waals surface area contributed by atoms with Crippen LogP contribution < -0.4 is 5.56 Å². The highest BCUT2D eigenvalue weighted by molar-refractivity contribution is 5.62. The molecule has 0 saturated carbocycles. The lowest BCUT2D eigenvalue weighted by molar-refractivity contribution is -0.137. The van der Waals surface area contributed by atoms with E-state index in [1.807, 2.05) is 0 Å². The lowest BCUT2D eigenvalue weighted by atomic mass is 10.0. The molecular formula is C20H12F4N2O. The first-order valence-electron chi connectivity index (χ1n) is 7.87. The van der Waals surface area contributed by atoms with Gasteiger partial charge >= 0.3 is 6.18 Å². The summed E-state index contributed by atoms with van der Waals surface area (Å²) in [5, 5.41) is 9.13. The summed E-state index contributed by atoms with van der Waals surface area (Å²) in [5.41, 5.74) is -3.01. The van der Waals surface area contributed by atoms with E-state index in [2.05, 4.69) is 0 Å². The van der Waals surface area contributed by atoms with Crippen molar-refractivity contribution < 1.29 is 17.6 Å². The maximum atomic E-state index is 14.0. The summed E-state index contributed by atoms with van der Waals surface area (Å²) in [6.07, 6.45) is -4.87. The molecule has 0 atom stereocenters. The normalized spacial score (nSPS) is 11.2. The second-order valence-electron chi connectivity index (χ2n) is 5.78. The van der Waals surface area contributed by atoms with Crippen molar-refractivity contribution in [2.75, 3.05) is 0 Å². The highest BCUT2D eigenvalue weighted by Crippen LogP contribution is 2.33. The minimum absolute atomic E-state index is 0.0461. The zero-order valence-corrected chi connectivity index (χ0v) is 13.8. The van der Waals surface area contributed by atoms with Gasteiger partial charge in [0.2, 0.25) is 0 Å². The molecular weight excluding hydrogens is 360 g/mol. The number of nitrogens with zero attached hydrogens (tertiary/aromatic N) is 2. The summed E-state index contributed by atoms with van der Waals surface area (Å²) in [6.45, 7) is -0.303. The van der Waals surface area contributed by atoms with Crippen LogP contribution >= 0.6 is 0 Å². The Hall–Kier alpha value is -3.40. The third-order valence-electron chi connectivity index (χ3n) is 4.07. The minimum Gasteiger partial charge on any atom is -0.303 e. The SMILES string of the molecule is N#Cc1c(C(F)(F)F)cc(-c2ccccc2)n(Cc2ccccc2F)c1=O. The molecule has 1 heterocycles. The molecule has 0 bridgehead atoms. The molecule has 0 unspecified atom stereocenters. The Kier molecular flexibility index (Phi) is 4.82. The summed E-state index contributed by atoms with van der Waals surface area (Å²) >= 11 is 0. The van der Waals surface area contributed by atoms with E-state index < -0.39 is 28.7 Å². The van der Waals surface area contributed by atoms with E-state index >= 15 is 0 Å². The number of halogens is 4. The lowest BCUT2D eigenvalue weighted by Crippen LogP contribution is -2.29. The molecule has 0 N–H and O–H groups in total. The molecule has 0 aliphatic rings. The smallest absolute Gasteiger partial charge is 0.303 e. The number of aromatic nitrogens is 1. The summed E-state index contributed by atoms with van der Waals surface area (Å²) in [7, 11) is 0. The first-order valence-corrected chi connectivity index (χ1v) is 7.87. The molecule has 0 aliphatic heterocycles. The minimum atomic E-state index is -4.87. The molecule has 3 rings (SSSR count). The molecule has 0 fully saturated rings. The average molecular weight is 372 g/mol. The molecule has 3 nitrogen and oxygen atoms in total. The Balaban J connectivity index is 2.33. The third kappa shape index (κ3) is 3.60. The van der Waals surface area contributed by atoms with Gasteiger partial charge in [0.05, 0.1) is 17.8 Å². The number of nitriles is 1. The van der Waals surface area contributed by atoms with Gasteiger partial charge in [0.25, 0.3) is 5.56 Å². The fourth-order valence-electron chi connectivity index (χ4n) is 2.78. The predicted molar refractivity (Wildman–Crippen MR) is 91.4 cm³/mol. The van der Waals surface area contributed by atoms with Crippen LogP contribution in [0, 0.1) is 17.1 Å². The molecule has 7 heteroatoms. The van der Waals surface area contributed by atoms with Crippen molar-refractivity contribution in [2.24, 2.45) is 0 Å². The van der Waals surface area contributed by atoms with Gasteiger partial charge in [-0.1, -0.05) is 48.5 Å². The molecule has 0 radical (unpaired) electrons. The number of hydrogen-bond acceptors (Lipinski definition) is 2. The summed E-state index contributed by atoms with van der Waals surface area (Å²) in [5.74, 6) is -0.596. The molecule has 27 heavy (non-hydrogen) atoms. The van der Waals surface area contributed by atoms with Crippen molar-refractivity contribution in [3.05, 3.63) is 93.5 Å². The Bertz CT molecular complexity index is 1080. The van der Waals surface area contributed by atoms with Crippen molar-refractivity contribution in [1.82, 2.24) is 4.57 Å². The van der Waals surface area contributed by atoms with Gasteiger partial charge in [-0.15, -0.1) is 0 Å². The zero-order chi connectivity index (χ0) is 19.6. The van der Waals surface area contributed by atoms with Crippen LogP contribution in [-0.2, 0) is 12.7 Å². The van der Waals surface area contributed by atoms with Crippen molar-refractivity contribution in [1.29, 1.82) is 5.26 Å². The van der Waals surface area contributed by atoms with E-state index in [1.54, 1.807) is 36.4 Å². The number of hydrogen-bond donors (Lipinski definition) is 0. The molecule has 3 aromatic rings. The van der Waals surface area contributed by atoms with Crippen LogP contribution in [-0.4, -0.2) is 4.57 Å². The van der Waals surface area contributed by atoms with E-state index in [1.165, 1.54) is 24.3 Å². The van der Waals surface area contributed by atoms with Crippen LogP contribution in [0.15, 0.2) is 65.5 Å². The Morgan fingerprint density at radius 2 is 1.63 bits per heavy atom. The van der Waals surface area contributed by atoms with Crippen molar-refractivity contribution in [2.45, 2.75) is 12.7 Å². The maximum Gasteiger partial charge on any atom is 0.417 e. The van der Waals surface area contributed by atoms with Crippen molar-refractivity contribution >= 4 is 0 Å². The van der Waals surface area contributed by atoms with E-state index in [0.717, 1.165) is 10.6 Å². The van der Waals surface area contributed by atoms with Gasteiger partial charge in [-0.2, -0.15) is 18.4 Å². The quantitative estimate of drug-likeness (QED) is 0.631. The highest BCUT2D eigenvalue weighted by atomic mass is 19.4.